The summed E-state index contributed by atoms with van der Waals surface area (Å²) in [7, 11) is 0. The monoisotopic (exact) mass is 382 g/mol. The molecular weight excluding hydrogens is 360 g/mol. The van der Waals surface area contributed by atoms with Gasteiger partial charge in [0, 0.05) is 13.1 Å². The summed E-state index contributed by atoms with van der Waals surface area (Å²) in [6.07, 6.45) is 1.18. The summed E-state index contributed by atoms with van der Waals surface area (Å²) in [5.41, 5.74) is 2.27. The predicted octanol–water partition coefficient (Wildman–Crippen LogP) is 2.72. The number of nitro groups is 1. The summed E-state index contributed by atoms with van der Waals surface area (Å²) in [6.45, 7) is 8.40. The molecule has 26 heavy (non-hydrogen) atoms. The van der Waals surface area contributed by atoms with Crippen molar-refractivity contribution in [2.45, 2.75) is 53.1 Å². The second kappa shape index (κ2) is 8.31. The van der Waals surface area contributed by atoms with Crippen molar-refractivity contribution in [3.05, 3.63) is 38.3 Å². The van der Waals surface area contributed by atoms with Gasteiger partial charge < -0.3 is 15.4 Å². The largest absolute Gasteiger partial charge is 0.390 e. The van der Waals surface area contributed by atoms with E-state index in [9.17, 15) is 14.9 Å². The zero-order valence-corrected chi connectivity index (χ0v) is 16.1. The van der Waals surface area contributed by atoms with E-state index < -0.39 is 11.0 Å². The summed E-state index contributed by atoms with van der Waals surface area (Å²) < 4.78 is 3.23. The number of amides is 1. The van der Waals surface area contributed by atoms with Gasteiger partial charge in [-0.1, -0.05) is 18.5 Å². The first-order valence-electron chi connectivity index (χ1n) is 8.44. The minimum atomic E-state index is -0.577. The van der Waals surface area contributed by atoms with Crippen molar-refractivity contribution in [3.63, 3.8) is 0 Å². The molecule has 0 saturated carbocycles. The Morgan fingerprint density at radius 3 is 2.58 bits per heavy atom. The van der Waals surface area contributed by atoms with E-state index in [2.05, 4.69) is 15.5 Å². The fourth-order valence-corrected chi connectivity index (χ4v) is 2.93. The average molecular weight is 383 g/mol. The molecule has 1 N–H and O–H groups in total. The maximum absolute atomic E-state index is 12.5. The van der Waals surface area contributed by atoms with Gasteiger partial charge in [-0.3, -0.25) is 9.48 Å². The highest BCUT2D eigenvalue weighted by Gasteiger charge is 2.26. The quantitative estimate of drug-likeness (QED) is 0.429. The van der Waals surface area contributed by atoms with Crippen LogP contribution < -0.4 is 5.32 Å². The highest BCUT2D eigenvalue weighted by atomic mass is 35.5. The number of rotatable bonds is 8. The van der Waals surface area contributed by atoms with Crippen molar-refractivity contribution in [3.8, 4) is 0 Å². The van der Waals surface area contributed by atoms with Crippen molar-refractivity contribution in [2.24, 2.45) is 0 Å². The second-order valence-electron chi connectivity index (χ2n) is 6.12. The minimum absolute atomic E-state index is 0.208. The molecule has 2 aromatic heterocycles. The molecule has 0 bridgehead atoms. The lowest BCUT2D eigenvalue weighted by Gasteiger charge is -2.14. The topological polar surface area (TPSA) is 108 Å². The molecular formula is C16H23ClN6O3. The molecule has 0 aromatic carbocycles. The Balaban J connectivity index is 1.93. The van der Waals surface area contributed by atoms with Crippen LogP contribution in [0.4, 0.5) is 5.82 Å². The van der Waals surface area contributed by atoms with Crippen molar-refractivity contribution in [2.75, 3.05) is 6.54 Å². The molecule has 1 atom stereocenters. The van der Waals surface area contributed by atoms with Gasteiger partial charge in [-0.15, -0.1) is 0 Å². The van der Waals surface area contributed by atoms with E-state index >= 15 is 0 Å². The molecule has 0 radical (unpaired) electrons. The number of aromatic nitrogens is 4. The molecule has 1 unspecified atom stereocenters. The first kappa shape index (κ1) is 19.9. The van der Waals surface area contributed by atoms with Crippen LogP contribution in [0.3, 0.4) is 0 Å². The van der Waals surface area contributed by atoms with Crippen molar-refractivity contribution in [1.82, 2.24) is 24.9 Å². The van der Waals surface area contributed by atoms with E-state index in [-0.39, 0.29) is 11.7 Å². The highest BCUT2D eigenvalue weighted by Crippen LogP contribution is 2.20. The molecule has 0 spiro atoms. The number of carbonyl (C=O) groups is 1. The van der Waals surface area contributed by atoms with Gasteiger partial charge >= 0.3 is 5.82 Å². The first-order valence-corrected chi connectivity index (χ1v) is 8.81. The Labute approximate surface area is 156 Å². The summed E-state index contributed by atoms with van der Waals surface area (Å²) in [4.78, 5) is 22.8. The van der Waals surface area contributed by atoms with E-state index in [1.807, 2.05) is 25.5 Å². The predicted molar refractivity (Wildman–Crippen MR) is 97.3 cm³/mol. The SMILES string of the molecule is CCC(C(=O)NCCCn1nc(C)c(Cl)c1C)n1nc([N+](=O)[O-])cc1C. The Kier molecular flexibility index (Phi) is 6.36. The van der Waals surface area contributed by atoms with Crippen LogP contribution in [-0.2, 0) is 11.3 Å². The molecule has 0 saturated heterocycles. The summed E-state index contributed by atoms with van der Waals surface area (Å²) in [5, 5.41) is 22.7. The van der Waals surface area contributed by atoms with E-state index in [4.69, 9.17) is 11.6 Å². The lowest BCUT2D eigenvalue weighted by molar-refractivity contribution is -0.389. The zero-order valence-electron chi connectivity index (χ0n) is 15.3. The van der Waals surface area contributed by atoms with E-state index in [0.717, 1.165) is 11.4 Å². The van der Waals surface area contributed by atoms with Crippen molar-refractivity contribution >= 4 is 23.3 Å². The Bertz CT molecular complexity index is 813. The van der Waals surface area contributed by atoms with Crippen LogP contribution >= 0.6 is 11.6 Å². The van der Waals surface area contributed by atoms with Gasteiger partial charge in [0.15, 0.2) is 6.04 Å². The number of hydrogen-bond donors (Lipinski definition) is 1. The zero-order chi connectivity index (χ0) is 19.4. The van der Waals surface area contributed by atoms with E-state index in [1.54, 1.807) is 6.92 Å². The maximum Gasteiger partial charge on any atom is 0.390 e. The number of hydrogen-bond acceptors (Lipinski definition) is 5. The van der Waals surface area contributed by atoms with E-state index in [0.29, 0.717) is 36.6 Å². The van der Waals surface area contributed by atoms with Crippen LogP contribution in [0.15, 0.2) is 6.07 Å². The Hall–Kier alpha value is -2.42. The van der Waals surface area contributed by atoms with Gasteiger partial charge in [0.2, 0.25) is 5.91 Å². The highest BCUT2D eigenvalue weighted by molar-refractivity contribution is 6.31. The normalized spacial score (nSPS) is 12.2. The first-order chi connectivity index (χ1) is 12.3. The van der Waals surface area contributed by atoms with Gasteiger partial charge in [-0.2, -0.15) is 9.78 Å². The van der Waals surface area contributed by atoms with E-state index in [1.165, 1.54) is 10.7 Å². The molecule has 2 heterocycles. The van der Waals surface area contributed by atoms with Gasteiger partial charge in [-0.05, 0) is 38.5 Å². The number of aryl methyl sites for hydroxylation is 3. The number of carbonyl (C=O) groups excluding carboxylic acids is 1. The fraction of sp³-hybridized carbons (Fsp3) is 0.562. The minimum Gasteiger partial charge on any atom is -0.358 e. The van der Waals surface area contributed by atoms with Crippen LogP contribution in [-0.4, -0.2) is 36.9 Å². The lowest BCUT2D eigenvalue weighted by atomic mass is 10.2. The third-order valence-corrected chi connectivity index (χ3v) is 4.77. The van der Waals surface area contributed by atoms with Crippen molar-refractivity contribution < 1.29 is 9.72 Å². The third-order valence-electron chi connectivity index (χ3n) is 4.22. The van der Waals surface area contributed by atoms with Crippen LogP contribution in [0.5, 0.6) is 0 Å². The molecule has 0 aliphatic carbocycles. The summed E-state index contributed by atoms with van der Waals surface area (Å²) >= 11 is 6.12. The Morgan fingerprint density at radius 1 is 1.38 bits per heavy atom. The maximum atomic E-state index is 12.5. The van der Waals surface area contributed by atoms with Gasteiger partial charge in [0.05, 0.1) is 33.3 Å². The molecule has 2 aromatic rings. The average Bonchev–Trinajstić information content (AvgIpc) is 3.08. The summed E-state index contributed by atoms with van der Waals surface area (Å²) in [6, 6.07) is 0.787. The molecule has 142 valence electrons. The number of nitrogens with one attached hydrogen (secondary N) is 1. The molecule has 0 aliphatic heterocycles. The number of halogens is 1. The molecule has 0 aliphatic rings. The van der Waals surface area contributed by atoms with Gasteiger partial charge in [0.25, 0.3) is 0 Å². The molecule has 10 heteroatoms. The molecule has 9 nitrogen and oxygen atoms in total. The number of nitrogens with zero attached hydrogens (tertiary/aromatic N) is 5. The standard InChI is InChI=1S/C16H23ClN6O3/c1-5-13(22-10(2)9-14(20-22)23(25)26)16(24)18-7-6-8-21-12(4)15(17)11(3)19-21/h9,13H,5-8H2,1-4H3,(H,18,24). The second-order valence-corrected chi connectivity index (χ2v) is 6.50. The van der Waals surface area contributed by atoms with Crippen LogP contribution in [0.1, 0.15) is 42.9 Å². The molecule has 2 rings (SSSR count). The fourth-order valence-electron chi connectivity index (χ4n) is 2.80. The molecule has 0 fully saturated rings. The smallest absolute Gasteiger partial charge is 0.358 e. The molecule has 1 amide bonds. The van der Waals surface area contributed by atoms with Gasteiger partial charge in [-0.25, -0.2) is 0 Å². The van der Waals surface area contributed by atoms with Gasteiger partial charge in [0.1, 0.15) is 0 Å². The van der Waals surface area contributed by atoms with Crippen LogP contribution in [0.25, 0.3) is 0 Å². The van der Waals surface area contributed by atoms with Crippen LogP contribution in [0, 0.1) is 30.9 Å². The third kappa shape index (κ3) is 4.21. The Morgan fingerprint density at radius 2 is 2.08 bits per heavy atom. The van der Waals surface area contributed by atoms with Crippen molar-refractivity contribution in [1.29, 1.82) is 0 Å². The lowest BCUT2D eigenvalue weighted by Crippen LogP contribution is -2.34. The summed E-state index contributed by atoms with van der Waals surface area (Å²) in [5.74, 6) is -0.463. The van der Waals surface area contributed by atoms with Crippen LogP contribution in [0.2, 0.25) is 5.02 Å².